The van der Waals surface area contributed by atoms with Gasteiger partial charge in [-0.05, 0) is 18.2 Å². The predicted octanol–water partition coefficient (Wildman–Crippen LogP) is 1.17. The normalized spacial score (nSPS) is 10.8. The van der Waals surface area contributed by atoms with Crippen molar-refractivity contribution >= 4 is 22.8 Å². The molecule has 2 aromatic heterocycles. The van der Waals surface area contributed by atoms with Crippen molar-refractivity contribution in [1.29, 1.82) is 0 Å². The van der Waals surface area contributed by atoms with Gasteiger partial charge in [0.2, 0.25) is 0 Å². The zero-order valence-corrected chi connectivity index (χ0v) is 10.5. The van der Waals surface area contributed by atoms with Crippen molar-refractivity contribution in [3.63, 3.8) is 0 Å². The molecule has 96 valence electrons. The molecular formula is C11H8ClN5O2. The lowest BCUT2D eigenvalue weighted by Gasteiger charge is -2.05. The summed E-state index contributed by atoms with van der Waals surface area (Å²) in [6.45, 7) is 0. The van der Waals surface area contributed by atoms with E-state index in [0.717, 1.165) is 0 Å². The van der Waals surface area contributed by atoms with E-state index in [4.69, 9.17) is 16.3 Å². The topological polar surface area (TPSA) is 85.7 Å². The van der Waals surface area contributed by atoms with Crippen molar-refractivity contribution in [3.05, 3.63) is 39.9 Å². The number of nitrogens with one attached hydrogen (secondary N) is 1. The van der Waals surface area contributed by atoms with Crippen LogP contribution in [0.25, 0.3) is 16.9 Å². The van der Waals surface area contributed by atoms with Crippen molar-refractivity contribution in [2.45, 2.75) is 0 Å². The molecule has 3 rings (SSSR count). The van der Waals surface area contributed by atoms with Crippen molar-refractivity contribution in [2.75, 3.05) is 7.11 Å². The lowest BCUT2D eigenvalue weighted by atomic mass is 10.3. The van der Waals surface area contributed by atoms with E-state index in [-0.39, 0.29) is 11.1 Å². The van der Waals surface area contributed by atoms with Crippen molar-refractivity contribution in [2.24, 2.45) is 0 Å². The molecule has 1 N–H and O–H groups in total. The average Bonchev–Trinajstić information content (AvgIpc) is 2.84. The Kier molecular flexibility index (Phi) is 2.68. The molecule has 0 radical (unpaired) electrons. The van der Waals surface area contributed by atoms with Crippen LogP contribution in [0.15, 0.2) is 29.3 Å². The smallest absolute Gasteiger partial charge is 0.280 e. The van der Waals surface area contributed by atoms with E-state index in [0.29, 0.717) is 22.1 Å². The molecule has 0 spiro atoms. The zero-order chi connectivity index (χ0) is 13.4. The molecule has 8 heteroatoms. The second-order valence-electron chi connectivity index (χ2n) is 3.72. The summed E-state index contributed by atoms with van der Waals surface area (Å²) in [4.78, 5) is 18.0. The number of nitrogens with zero attached hydrogens (tertiary/aromatic N) is 4. The number of hydrogen-bond acceptors (Lipinski definition) is 5. The van der Waals surface area contributed by atoms with Crippen LogP contribution in [0.5, 0.6) is 5.75 Å². The van der Waals surface area contributed by atoms with Crippen molar-refractivity contribution < 1.29 is 4.74 Å². The van der Waals surface area contributed by atoms with Crippen LogP contribution < -0.4 is 10.3 Å². The minimum absolute atomic E-state index is 0.175. The van der Waals surface area contributed by atoms with E-state index in [1.807, 2.05) is 0 Å². The van der Waals surface area contributed by atoms with Crippen LogP contribution in [0.1, 0.15) is 0 Å². The molecule has 1 aromatic carbocycles. The molecule has 3 aromatic rings. The molecule has 0 bridgehead atoms. The summed E-state index contributed by atoms with van der Waals surface area (Å²) >= 11 is 6.05. The minimum atomic E-state index is -0.337. The molecule has 0 saturated carbocycles. The van der Waals surface area contributed by atoms with Gasteiger partial charge in [0, 0.05) is 0 Å². The molecule has 0 aliphatic carbocycles. The van der Waals surface area contributed by atoms with Gasteiger partial charge in [-0.3, -0.25) is 4.79 Å². The lowest BCUT2D eigenvalue weighted by Crippen LogP contribution is -2.07. The van der Waals surface area contributed by atoms with E-state index in [1.54, 1.807) is 18.2 Å². The molecular weight excluding hydrogens is 270 g/mol. The first-order chi connectivity index (χ1) is 9.20. The molecule has 0 atom stereocenters. The first kappa shape index (κ1) is 11.7. The number of ether oxygens (including phenoxy) is 1. The quantitative estimate of drug-likeness (QED) is 0.760. The Bertz CT molecular complexity index is 810. The van der Waals surface area contributed by atoms with Crippen molar-refractivity contribution in [1.82, 2.24) is 25.0 Å². The average molecular weight is 278 g/mol. The summed E-state index contributed by atoms with van der Waals surface area (Å²) in [7, 11) is 1.53. The molecule has 0 amide bonds. The van der Waals surface area contributed by atoms with Crippen LogP contribution in [0.3, 0.4) is 0 Å². The van der Waals surface area contributed by atoms with Gasteiger partial charge in [-0.25, -0.2) is 4.98 Å². The second-order valence-corrected chi connectivity index (χ2v) is 4.13. The summed E-state index contributed by atoms with van der Waals surface area (Å²) in [5, 5.41) is 8.15. The van der Waals surface area contributed by atoms with Gasteiger partial charge in [0.1, 0.15) is 5.75 Å². The van der Waals surface area contributed by atoms with E-state index in [2.05, 4.69) is 20.3 Å². The van der Waals surface area contributed by atoms with Crippen LogP contribution in [0.2, 0.25) is 5.02 Å². The molecule has 7 nitrogen and oxygen atoms in total. The van der Waals surface area contributed by atoms with Gasteiger partial charge in [-0.1, -0.05) is 16.8 Å². The molecule has 0 unspecified atom stereocenters. The van der Waals surface area contributed by atoms with Gasteiger partial charge in [-0.2, -0.15) is 4.68 Å². The Morgan fingerprint density at radius 1 is 1.42 bits per heavy atom. The van der Waals surface area contributed by atoms with Gasteiger partial charge in [0.25, 0.3) is 5.56 Å². The van der Waals surface area contributed by atoms with Gasteiger partial charge in [-0.15, -0.1) is 5.10 Å². The van der Waals surface area contributed by atoms with E-state index in [1.165, 1.54) is 18.1 Å². The fraction of sp³-hybridized carbons (Fsp3) is 0.0909. The fourth-order valence-corrected chi connectivity index (χ4v) is 1.97. The monoisotopic (exact) mass is 277 g/mol. The fourth-order valence-electron chi connectivity index (χ4n) is 1.72. The van der Waals surface area contributed by atoms with E-state index >= 15 is 0 Å². The molecule has 0 aliphatic heterocycles. The first-order valence-corrected chi connectivity index (χ1v) is 5.71. The van der Waals surface area contributed by atoms with Gasteiger partial charge < -0.3 is 9.72 Å². The number of methoxy groups -OCH3 is 1. The van der Waals surface area contributed by atoms with Crippen LogP contribution in [-0.4, -0.2) is 32.1 Å². The molecule has 2 heterocycles. The van der Waals surface area contributed by atoms with Crippen LogP contribution in [0.4, 0.5) is 0 Å². The maximum Gasteiger partial charge on any atom is 0.280 e. The SMILES string of the molecule is COc1ccc(-n2nnc3c(=O)[nH]cnc32)cc1Cl. The van der Waals surface area contributed by atoms with Crippen LogP contribution in [0, 0.1) is 0 Å². The minimum Gasteiger partial charge on any atom is -0.495 e. The number of H-pyrrole nitrogens is 1. The number of rotatable bonds is 2. The summed E-state index contributed by atoms with van der Waals surface area (Å²) in [6.07, 6.45) is 1.30. The highest BCUT2D eigenvalue weighted by atomic mass is 35.5. The standard InChI is InChI=1S/C11H8ClN5O2/c1-19-8-3-2-6(4-7(8)12)17-10-9(15-16-17)11(18)14-5-13-10/h2-5H,1H3,(H,13,14,18). The number of hydrogen-bond donors (Lipinski definition) is 1. The number of aromatic amines is 1. The Morgan fingerprint density at radius 3 is 3.00 bits per heavy atom. The first-order valence-electron chi connectivity index (χ1n) is 5.33. The van der Waals surface area contributed by atoms with Gasteiger partial charge >= 0.3 is 0 Å². The predicted molar refractivity (Wildman–Crippen MR) is 68.8 cm³/mol. The number of aromatic nitrogens is 5. The largest absolute Gasteiger partial charge is 0.495 e. The highest BCUT2D eigenvalue weighted by Crippen LogP contribution is 2.26. The number of benzene rings is 1. The van der Waals surface area contributed by atoms with Gasteiger partial charge in [0.05, 0.1) is 24.1 Å². The number of halogens is 1. The summed E-state index contributed by atoms with van der Waals surface area (Å²) < 4.78 is 6.52. The van der Waals surface area contributed by atoms with E-state index < -0.39 is 0 Å². The van der Waals surface area contributed by atoms with Crippen LogP contribution in [-0.2, 0) is 0 Å². The Hall–Kier alpha value is -2.41. The van der Waals surface area contributed by atoms with Gasteiger partial charge in [0.15, 0.2) is 11.2 Å². The second kappa shape index (κ2) is 4.36. The zero-order valence-electron chi connectivity index (χ0n) is 9.79. The Morgan fingerprint density at radius 2 is 2.26 bits per heavy atom. The summed E-state index contributed by atoms with van der Waals surface area (Å²) in [6, 6.07) is 5.12. The highest BCUT2D eigenvalue weighted by molar-refractivity contribution is 6.32. The van der Waals surface area contributed by atoms with E-state index in [9.17, 15) is 4.79 Å². The molecule has 19 heavy (non-hydrogen) atoms. The summed E-state index contributed by atoms with van der Waals surface area (Å²) in [5.41, 5.74) is 0.849. The Labute approximate surface area is 111 Å². The third-order valence-corrected chi connectivity index (χ3v) is 2.92. The lowest BCUT2D eigenvalue weighted by molar-refractivity contribution is 0.415. The maximum atomic E-state index is 11.5. The third-order valence-electron chi connectivity index (χ3n) is 2.62. The summed E-state index contributed by atoms with van der Waals surface area (Å²) in [5.74, 6) is 0.556. The third kappa shape index (κ3) is 1.84. The number of fused-ring (bicyclic) bond motifs is 1. The maximum absolute atomic E-state index is 11.5. The Balaban J connectivity index is 2.22. The molecule has 0 fully saturated rings. The van der Waals surface area contributed by atoms with Crippen molar-refractivity contribution in [3.8, 4) is 11.4 Å². The molecule has 0 saturated heterocycles. The molecule has 0 aliphatic rings. The highest BCUT2D eigenvalue weighted by Gasteiger charge is 2.12. The van der Waals surface area contributed by atoms with Crippen LogP contribution >= 0.6 is 11.6 Å².